The molecule has 4 nitrogen and oxygen atoms in total. The van der Waals surface area contributed by atoms with E-state index in [0.717, 1.165) is 24.7 Å². The fourth-order valence-electron chi connectivity index (χ4n) is 1.96. The van der Waals surface area contributed by atoms with Crippen LogP contribution < -0.4 is 5.73 Å². The van der Waals surface area contributed by atoms with E-state index in [1.165, 1.54) is 0 Å². The normalized spacial score (nSPS) is 10.7. The Morgan fingerprint density at radius 2 is 2.10 bits per heavy atom. The molecule has 3 aromatic rings. The van der Waals surface area contributed by atoms with Gasteiger partial charge in [0.05, 0.1) is 5.56 Å². The summed E-state index contributed by atoms with van der Waals surface area (Å²) in [7, 11) is 0. The standard InChI is InChI=1S/C14H9BrIN3O/c15-11-4-3-9(16)6-10(11)13-12(14(17)20-19-13)8-2-1-5-18-7-8/h1-7H,17H2. The zero-order valence-electron chi connectivity index (χ0n) is 10.2. The molecule has 2 heterocycles. The quantitative estimate of drug-likeness (QED) is 0.600. The number of rotatable bonds is 2. The maximum absolute atomic E-state index is 5.92. The van der Waals surface area contributed by atoms with E-state index in [4.69, 9.17) is 10.3 Å². The fourth-order valence-corrected chi connectivity index (χ4v) is 2.88. The average Bonchev–Trinajstić information content (AvgIpc) is 2.84. The molecule has 0 radical (unpaired) electrons. The van der Waals surface area contributed by atoms with Crippen LogP contribution in [0.15, 0.2) is 51.7 Å². The maximum Gasteiger partial charge on any atom is 0.230 e. The monoisotopic (exact) mass is 441 g/mol. The van der Waals surface area contributed by atoms with Crippen molar-refractivity contribution >= 4 is 44.4 Å². The molecule has 0 amide bonds. The van der Waals surface area contributed by atoms with Crippen LogP contribution in [0.2, 0.25) is 0 Å². The summed E-state index contributed by atoms with van der Waals surface area (Å²) in [6.07, 6.45) is 3.46. The highest BCUT2D eigenvalue weighted by atomic mass is 127. The fraction of sp³-hybridized carbons (Fsp3) is 0. The molecular weight excluding hydrogens is 433 g/mol. The van der Waals surface area contributed by atoms with E-state index in [1.54, 1.807) is 12.4 Å². The Hall–Kier alpha value is -1.41. The van der Waals surface area contributed by atoms with Crippen LogP contribution in [0, 0.1) is 3.57 Å². The Balaban J connectivity index is 2.24. The van der Waals surface area contributed by atoms with Gasteiger partial charge in [-0.2, -0.15) is 0 Å². The van der Waals surface area contributed by atoms with Gasteiger partial charge in [0.25, 0.3) is 0 Å². The van der Waals surface area contributed by atoms with Gasteiger partial charge in [-0.25, -0.2) is 0 Å². The van der Waals surface area contributed by atoms with Gasteiger partial charge >= 0.3 is 0 Å². The molecule has 0 aliphatic rings. The van der Waals surface area contributed by atoms with E-state index in [0.29, 0.717) is 11.6 Å². The van der Waals surface area contributed by atoms with Crippen molar-refractivity contribution in [3.8, 4) is 22.4 Å². The van der Waals surface area contributed by atoms with Crippen molar-refractivity contribution in [2.24, 2.45) is 0 Å². The minimum absolute atomic E-state index is 0.291. The first-order valence-corrected chi connectivity index (χ1v) is 7.65. The summed E-state index contributed by atoms with van der Waals surface area (Å²) < 4.78 is 7.23. The number of halogens is 2. The summed E-state index contributed by atoms with van der Waals surface area (Å²) in [6.45, 7) is 0. The molecule has 0 aliphatic heterocycles. The number of pyridine rings is 1. The molecule has 6 heteroatoms. The van der Waals surface area contributed by atoms with Gasteiger partial charge in [0, 0.05) is 31.6 Å². The Morgan fingerprint density at radius 3 is 2.85 bits per heavy atom. The van der Waals surface area contributed by atoms with E-state index in [2.05, 4.69) is 48.7 Å². The SMILES string of the molecule is Nc1onc(-c2cc(I)ccc2Br)c1-c1cccnc1. The maximum atomic E-state index is 5.92. The topological polar surface area (TPSA) is 64.9 Å². The summed E-state index contributed by atoms with van der Waals surface area (Å²) in [6, 6.07) is 9.81. The van der Waals surface area contributed by atoms with Crippen LogP contribution in [-0.4, -0.2) is 10.1 Å². The van der Waals surface area contributed by atoms with Gasteiger partial charge in [0.1, 0.15) is 5.69 Å². The molecule has 3 rings (SSSR count). The first kappa shape index (κ1) is 13.6. The molecular formula is C14H9BrIN3O. The lowest BCUT2D eigenvalue weighted by atomic mass is 10.0. The van der Waals surface area contributed by atoms with Gasteiger partial charge in [-0.05, 0) is 46.9 Å². The Kier molecular flexibility index (Phi) is 3.75. The molecule has 0 fully saturated rings. The second-order valence-corrected chi connectivity index (χ2v) is 6.24. The second kappa shape index (κ2) is 5.53. The van der Waals surface area contributed by atoms with Gasteiger partial charge in [0.15, 0.2) is 0 Å². The molecule has 0 unspecified atom stereocenters. The highest BCUT2D eigenvalue weighted by Crippen LogP contribution is 2.39. The zero-order valence-corrected chi connectivity index (χ0v) is 13.9. The summed E-state index contributed by atoms with van der Waals surface area (Å²) in [5.74, 6) is 0.291. The van der Waals surface area contributed by atoms with Crippen molar-refractivity contribution in [3.63, 3.8) is 0 Å². The zero-order chi connectivity index (χ0) is 14.1. The van der Waals surface area contributed by atoms with Gasteiger partial charge in [-0.3, -0.25) is 4.98 Å². The molecule has 0 saturated carbocycles. The van der Waals surface area contributed by atoms with E-state index in [1.807, 2.05) is 30.3 Å². The lowest BCUT2D eigenvalue weighted by Crippen LogP contribution is -1.89. The van der Waals surface area contributed by atoms with Crippen LogP contribution in [0.25, 0.3) is 22.4 Å². The lowest BCUT2D eigenvalue weighted by Gasteiger charge is -2.05. The van der Waals surface area contributed by atoms with Crippen LogP contribution in [-0.2, 0) is 0 Å². The number of hydrogen-bond acceptors (Lipinski definition) is 4. The third-order valence-corrected chi connectivity index (χ3v) is 4.21. The first-order valence-electron chi connectivity index (χ1n) is 5.78. The number of nitrogen functional groups attached to an aromatic ring is 1. The molecule has 0 bridgehead atoms. The third kappa shape index (κ3) is 2.45. The van der Waals surface area contributed by atoms with Gasteiger partial charge in [-0.1, -0.05) is 27.2 Å². The molecule has 20 heavy (non-hydrogen) atoms. The van der Waals surface area contributed by atoms with Gasteiger partial charge in [-0.15, -0.1) is 0 Å². The summed E-state index contributed by atoms with van der Waals surface area (Å²) in [5.41, 5.74) is 9.22. The van der Waals surface area contributed by atoms with Crippen molar-refractivity contribution in [3.05, 3.63) is 50.8 Å². The minimum Gasteiger partial charge on any atom is -0.367 e. The van der Waals surface area contributed by atoms with E-state index >= 15 is 0 Å². The molecule has 2 aromatic heterocycles. The number of aromatic nitrogens is 2. The predicted octanol–water partition coefficient (Wildman–Crippen LogP) is 4.35. The number of anilines is 1. The number of hydrogen-bond donors (Lipinski definition) is 1. The lowest BCUT2D eigenvalue weighted by molar-refractivity contribution is 0.439. The second-order valence-electron chi connectivity index (χ2n) is 4.14. The van der Waals surface area contributed by atoms with Crippen molar-refractivity contribution in [1.29, 1.82) is 0 Å². The van der Waals surface area contributed by atoms with Gasteiger partial charge < -0.3 is 10.3 Å². The number of benzene rings is 1. The number of nitrogens with zero attached hydrogens (tertiary/aromatic N) is 2. The summed E-state index contributed by atoms with van der Waals surface area (Å²) in [5, 5.41) is 4.10. The summed E-state index contributed by atoms with van der Waals surface area (Å²) >= 11 is 5.80. The Morgan fingerprint density at radius 1 is 1.25 bits per heavy atom. The van der Waals surface area contributed by atoms with E-state index < -0.39 is 0 Å². The summed E-state index contributed by atoms with van der Waals surface area (Å²) in [4.78, 5) is 4.12. The van der Waals surface area contributed by atoms with E-state index in [9.17, 15) is 0 Å². The minimum atomic E-state index is 0.291. The van der Waals surface area contributed by atoms with Crippen molar-refractivity contribution in [2.75, 3.05) is 5.73 Å². The molecule has 100 valence electrons. The molecule has 0 aliphatic carbocycles. The van der Waals surface area contributed by atoms with Crippen LogP contribution in [0.3, 0.4) is 0 Å². The number of nitrogens with two attached hydrogens (primary N) is 1. The largest absolute Gasteiger partial charge is 0.367 e. The van der Waals surface area contributed by atoms with Crippen LogP contribution >= 0.6 is 38.5 Å². The van der Waals surface area contributed by atoms with Gasteiger partial charge in [0.2, 0.25) is 5.88 Å². The third-order valence-electron chi connectivity index (χ3n) is 2.85. The smallest absolute Gasteiger partial charge is 0.230 e. The Labute approximate surface area is 137 Å². The van der Waals surface area contributed by atoms with Crippen molar-refractivity contribution in [1.82, 2.24) is 10.1 Å². The molecule has 1 aromatic carbocycles. The van der Waals surface area contributed by atoms with Crippen molar-refractivity contribution < 1.29 is 4.52 Å². The van der Waals surface area contributed by atoms with Crippen LogP contribution in [0.5, 0.6) is 0 Å². The highest BCUT2D eigenvalue weighted by molar-refractivity contribution is 14.1. The predicted molar refractivity (Wildman–Crippen MR) is 90.0 cm³/mol. The average molecular weight is 442 g/mol. The highest BCUT2D eigenvalue weighted by Gasteiger charge is 2.19. The van der Waals surface area contributed by atoms with E-state index in [-0.39, 0.29) is 0 Å². The van der Waals surface area contributed by atoms with Crippen molar-refractivity contribution in [2.45, 2.75) is 0 Å². The first-order chi connectivity index (χ1) is 9.66. The molecule has 0 atom stereocenters. The molecule has 2 N–H and O–H groups in total. The van der Waals surface area contributed by atoms with Crippen LogP contribution in [0.1, 0.15) is 0 Å². The molecule has 0 saturated heterocycles. The van der Waals surface area contributed by atoms with Crippen LogP contribution in [0.4, 0.5) is 5.88 Å². The Bertz CT molecular complexity index is 758. The molecule has 0 spiro atoms.